The van der Waals surface area contributed by atoms with Crippen molar-refractivity contribution in [2.75, 3.05) is 7.11 Å². The van der Waals surface area contributed by atoms with Gasteiger partial charge in [-0.3, -0.25) is 4.79 Å². The van der Waals surface area contributed by atoms with Crippen LogP contribution in [0.5, 0.6) is 0 Å². The van der Waals surface area contributed by atoms with E-state index in [1.54, 1.807) is 13.8 Å². The molecule has 0 amide bonds. The van der Waals surface area contributed by atoms with E-state index in [2.05, 4.69) is 9.46 Å². The molecule has 1 aromatic carbocycles. The van der Waals surface area contributed by atoms with Crippen molar-refractivity contribution in [3.63, 3.8) is 0 Å². The average Bonchev–Trinajstić information content (AvgIpc) is 2.42. The second kappa shape index (κ2) is 7.08. The van der Waals surface area contributed by atoms with Gasteiger partial charge >= 0.3 is 11.9 Å². The Balaban J connectivity index is 3.25. The Morgan fingerprint density at radius 1 is 1.27 bits per heavy atom. The van der Waals surface area contributed by atoms with E-state index in [1.165, 1.54) is 6.07 Å². The van der Waals surface area contributed by atoms with Gasteiger partial charge < -0.3 is 9.84 Å². The van der Waals surface area contributed by atoms with Gasteiger partial charge in [-0.15, -0.1) is 0 Å². The lowest BCUT2D eigenvalue weighted by molar-refractivity contribution is -0.140. The Hall–Kier alpha value is -1.64. The molecular weight excluding hydrogens is 334 g/mol. The summed E-state index contributed by atoms with van der Waals surface area (Å²) < 4.78 is 31.2. The minimum absolute atomic E-state index is 0.0136. The van der Waals surface area contributed by atoms with E-state index in [0.29, 0.717) is 0 Å². The van der Waals surface area contributed by atoms with Crippen molar-refractivity contribution in [2.45, 2.75) is 24.8 Å². The van der Waals surface area contributed by atoms with Crippen molar-refractivity contribution in [1.29, 1.82) is 0 Å². The van der Waals surface area contributed by atoms with Crippen LogP contribution in [0, 0.1) is 5.92 Å². The zero-order valence-electron chi connectivity index (χ0n) is 12.2. The number of aliphatic carboxylic acids is 1. The SMILES string of the molecule is COC(=O)c1cc(Cl)cc(S(=O)(=O)N[C@@H](C(=O)O)C(C)C)c1. The Kier molecular flexibility index (Phi) is 5.92. The predicted molar refractivity (Wildman–Crippen MR) is 79.4 cm³/mol. The molecule has 9 heteroatoms. The number of carbonyl (C=O) groups excluding carboxylic acids is 1. The topological polar surface area (TPSA) is 110 Å². The number of sulfonamides is 1. The molecule has 1 aromatic rings. The molecule has 2 N–H and O–H groups in total. The molecule has 0 radical (unpaired) electrons. The fraction of sp³-hybridized carbons (Fsp3) is 0.385. The van der Waals surface area contributed by atoms with Gasteiger partial charge in [0.15, 0.2) is 0 Å². The number of nitrogens with one attached hydrogen (secondary N) is 1. The molecule has 0 bridgehead atoms. The number of carbonyl (C=O) groups is 2. The van der Waals surface area contributed by atoms with Gasteiger partial charge in [0.2, 0.25) is 10.0 Å². The summed E-state index contributed by atoms with van der Waals surface area (Å²) in [6.45, 7) is 3.14. The number of carboxylic acids is 1. The standard InChI is InChI=1S/C13H16ClNO6S/c1-7(2)11(12(16)17)15-22(19,20)10-5-8(13(18)21-3)4-9(14)6-10/h4-7,11,15H,1-3H3,(H,16,17)/t11-/m1/s1. The van der Waals surface area contributed by atoms with Gasteiger partial charge in [-0.2, -0.15) is 4.72 Å². The summed E-state index contributed by atoms with van der Waals surface area (Å²) in [5.74, 6) is -2.52. The number of ether oxygens (including phenoxy) is 1. The lowest BCUT2D eigenvalue weighted by Crippen LogP contribution is -2.44. The minimum atomic E-state index is -4.16. The van der Waals surface area contributed by atoms with Crippen molar-refractivity contribution in [1.82, 2.24) is 4.72 Å². The predicted octanol–water partition coefficient (Wildman–Crippen LogP) is 1.51. The Morgan fingerprint density at radius 3 is 2.32 bits per heavy atom. The van der Waals surface area contributed by atoms with Crippen LogP contribution in [0.1, 0.15) is 24.2 Å². The van der Waals surface area contributed by atoms with E-state index >= 15 is 0 Å². The molecule has 0 saturated carbocycles. The minimum Gasteiger partial charge on any atom is -0.480 e. The van der Waals surface area contributed by atoms with E-state index in [1.807, 2.05) is 0 Å². The van der Waals surface area contributed by atoms with Gasteiger partial charge in [-0.25, -0.2) is 13.2 Å². The zero-order valence-corrected chi connectivity index (χ0v) is 13.7. The Morgan fingerprint density at radius 2 is 1.86 bits per heavy atom. The summed E-state index contributed by atoms with van der Waals surface area (Å²) in [7, 11) is -3.01. The summed E-state index contributed by atoms with van der Waals surface area (Å²) >= 11 is 5.80. The molecule has 122 valence electrons. The van der Waals surface area contributed by atoms with Crippen molar-refractivity contribution in [3.05, 3.63) is 28.8 Å². The third-order valence-electron chi connectivity index (χ3n) is 2.82. The van der Waals surface area contributed by atoms with Crippen molar-refractivity contribution in [3.8, 4) is 0 Å². The summed E-state index contributed by atoms with van der Waals surface area (Å²) in [5.41, 5.74) is -0.0493. The third kappa shape index (κ3) is 4.43. The molecule has 0 saturated heterocycles. The van der Waals surface area contributed by atoms with E-state index < -0.39 is 33.9 Å². The van der Waals surface area contributed by atoms with Crippen LogP contribution in [0.3, 0.4) is 0 Å². The second-order valence-electron chi connectivity index (χ2n) is 4.85. The van der Waals surface area contributed by atoms with Crippen LogP contribution in [0.2, 0.25) is 5.02 Å². The van der Waals surface area contributed by atoms with Crippen LogP contribution in [-0.4, -0.2) is 38.6 Å². The number of esters is 1. The van der Waals surface area contributed by atoms with Gasteiger partial charge in [0.1, 0.15) is 6.04 Å². The van der Waals surface area contributed by atoms with Crippen LogP contribution in [0.25, 0.3) is 0 Å². The number of carboxylic acid groups (broad SMARTS) is 1. The van der Waals surface area contributed by atoms with Gasteiger partial charge in [-0.1, -0.05) is 25.4 Å². The molecule has 1 atom stereocenters. The largest absolute Gasteiger partial charge is 0.480 e. The monoisotopic (exact) mass is 349 g/mol. The van der Waals surface area contributed by atoms with Crippen LogP contribution >= 0.6 is 11.6 Å². The first-order valence-corrected chi connectivity index (χ1v) is 8.08. The van der Waals surface area contributed by atoms with Crippen molar-refractivity contribution >= 4 is 33.6 Å². The van der Waals surface area contributed by atoms with Gasteiger partial charge in [0.25, 0.3) is 0 Å². The Bertz CT molecular complexity index is 686. The van der Waals surface area contributed by atoms with Crippen molar-refractivity contribution < 1.29 is 27.9 Å². The highest BCUT2D eigenvalue weighted by atomic mass is 35.5. The van der Waals surface area contributed by atoms with Gasteiger partial charge in [-0.05, 0) is 24.1 Å². The molecule has 0 heterocycles. The molecule has 7 nitrogen and oxygen atoms in total. The molecule has 22 heavy (non-hydrogen) atoms. The van der Waals surface area contributed by atoms with Crippen LogP contribution in [0.15, 0.2) is 23.1 Å². The maximum absolute atomic E-state index is 12.3. The highest BCUT2D eigenvalue weighted by Gasteiger charge is 2.28. The smallest absolute Gasteiger partial charge is 0.337 e. The second-order valence-corrected chi connectivity index (χ2v) is 7.00. The van der Waals surface area contributed by atoms with E-state index in [4.69, 9.17) is 16.7 Å². The highest BCUT2D eigenvalue weighted by Crippen LogP contribution is 2.20. The van der Waals surface area contributed by atoms with E-state index in [9.17, 15) is 18.0 Å². The van der Waals surface area contributed by atoms with Crippen molar-refractivity contribution in [2.24, 2.45) is 5.92 Å². The van der Waals surface area contributed by atoms with Crippen LogP contribution in [0.4, 0.5) is 0 Å². The number of methoxy groups -OCH3 is 1. The molecule has 0 aliphatic rings. The molecular formula is C13H16ClNO6S. The number of hydrogen-bond acceptors (Lipinski definition) is 5. The summed E-state index contributed by atoms with van der Waals surface area (Å²) in [5, 5.41) is 9.08. The number of benzene rings is 1. The Labute approximate surface area is 133 Å². The average molecular weight is 350 g/mol. The lowest BCUT2D eigenvalue weighted by Gasteiger charge is -2.18. The molecule has 0 fully saturated rings. The molecule has 0 aliphatic carbocycles. The maximum atomic E-state index is 12.3. The van der Waals surface area contributed by atoms with Gasteiger partial charge in [0.05, 0.1) is 17.6 Å². The first kappa shape index (κ1) is 18.4. The molecule has 1 rings (SSSR count). The number of halogens is 1. The zero-order chi connectivity index (χ0) is 17.1. The molecule has 0 aliphatic heterocycles. The fourth-order valence-electron chi connectivity index (χ4n) is 1.66. The molecule has 0 spiro atoms. The van der Waals surface area contributed by atoms with Gasteiger partial charge in [0, 0.05) is 5.02 Å². The summed E-state index contributed by atoms with van der Waals surface area (Å²) in [6, 6.07) is 2.14. The first-order valence-electron chi connectivity index (χ1n) is 6.22. The first-order chi connectivity index (χ1) is 10.1. The maximum Gasteiger partial charge on any atom is 0.337 e. The number of rotatable bonds is 6. The number of hydrogen-bond donors (Lipinski definition) is 2. The summed E-state index contributed by atoms with van der Waals surface area (Å²) in [4.78, 5) is 22.3. The lowest BCUT2D eigenvalue weighted by atomic mass is 10.1. The van der Waals surface area contributed by atoms with Crippen LogP contribution in [-0.2, 0) is 19.6 Å². The highest BCUT2D eigenvalue weighted by molar-refractivity contribution is 7.89. The molecule has 0 unspecified atom stereocenters. The summed E-state index contributed by atoms with van der Waals surface area (Å²) in [6.07, 6.45) is 0. The molecule has 0 aromatic heterocycles. The quantitative estimate of drug-likeness (QED) is 0.753. The van der Waals surface area contributed by atoms with E-state index in [-0.39, 0.29) is 15.5 Å². The normalized spacial score (nSPS) is 13.0. The van der Waals surface area contributed by atoms with Crippen LogP contribution < -0.4 is 4.72 Å². The van der Waals surface area contributed by atoms with E-state index in [0.717, 1.165) is 19.2 Å². The third-order valence-corrected chi connectivity index (χ3v) is 4.46. The fourth-order valence-corrected chi connectivity index (χ4v) is 3.37.